The van der Waals surface area contributed by atoms with Gasteiger partial charge in [0.05, 0.1) is 12.4 Å². The molecule has 1 rings (SSSR count). The lowest BCUT2D eigenvalue weighted by Crippen LogP contribution is -2.25. The highest BCUT2D eigenvalue weighted by Crippen LogP contribution is 2.00. The first-order valence-electron chi connectivity index (χ1n) is 6.26. The number of nitrogens with two attached hydrogens (primary N) is 1. The maximum atomic E-state index is 11.7. The molecular formula is C12H19N5O2. The summed E-state index contributed by atoms with van der Waals surface area (Å²) in [7, 11) is 0. The summed E-state index contributed by atoms with van der Waals surface area (Å²) in [4.78, 5) is 30.3. The Hall–Kier alpha value is -2.18. The number of nitrogens with zero attached hydrogens (tertiary/aromatic N) is 2. The molecule has 0 aliphatic rings. The molecule has 0 aromatic carbocycles. The highest BCUT2D eigenvalue weighted by Gasteiger charge is 2.07. The van der Waals surface area contributed by atoms with Crippen molar-refractivity contribution in [3.8, 4) is 0 Å². The van der Waals surface area contributed by atoms with Crippen molar-refractivity contribution in [2.75, 3.05) is 18.4 Å². The Balaban J connectivity index is 2.30. The summed E-state index contributed by atoms with van der Waals surface area (Å²) in [5.74, 6) is 0.0475. The Morgan fingerprint density at radius 2 is 2.05 bits per heavy atom. The first-order valence-corrected chi connectivity index (χ1v) is 6.26. The molecule has 19 heavy (non-hydrogen) atoms. The summed E-state index contributed by atoms with van der Waals surface area (Å²) < 4.78 is 0. The van der Waals surface area contributed by atoms with Crippen LogP contribution in [0.5, 0.6) is 0 Å². The number of unbranched alkanes of at least 4 members (excludes halogenated alkanes) is 1. The molecule has 1 heterocycles. The second kappa shape index (κ2) is 8.02. The van der Waals surface area contributed by atoms with Crippen LogP contribution in [0.3, 0.4) is 0 Å². The van der Waals surface area contributed by atoms with Crippen molar-refractivity contribution in [3.05, 3.63) is 18.1 Å². The van der Waals surface area contributed by atoms with Crippen LogP contribution < -0.4 is 16.4 Å². The van der Waals surface area contributed by atoms with Gasteiger partial charge in [-0.25, -0.2) is 9.97 Å². The number of nitrogens with one attached hydrogen (secondary N) is 2. The molecule has 1 aromatic rings. The van der Waals surface area contributed by atoms with Crippen molar-refractivity contribution in [1.29, 1.82) is 0 Å². The van der Waals surface area contributed by atoms with Crippen molar-refractivity contribution in [3.63, 3.8) is 0 Å². The second-order valence-electron chi connectivity index (χ2n) is 4.00. The minimum Gasteiger partial charge on any atom is -0.370 e. The third-order valence-electron chi connectivity index (χ3n) is 2.38. The van der Waals surface area contributed by atoms with E-state index in [-0.39, 0.29) is 17.5 Å². The molecule has 1 aromatic heterocycles. The second-order valence-corrected chi connectivity index (χ2v) is 4.00. The molecule has 7 nitrogen and oxygen atoms in total. The van der Waals surface area contributed by atoms with E-state index < -0.39 is 0 Å². The van der Waals surface area contributed by atoms with E-state index in [9.17, 15) is 9.59 Å². The average Bonchev–Trinajstić information content (AvgIpc) is 2.39. The van der Waals surface area contributed by atoms with Gasteiger partial charge >= 0.3 is 0 Å². The lowest BCUT2D eigenvalue weighted by Gasteiger charge is -2.05. The van der Waals surface area contributed by atoms with Crippen LogP contribution in [0, 0.1) is 0 Å². The van der Waals surface area contributed by atoms with Gasteiger partial charge in [0.2, 0.25) is 5.91 Å². The molecule has 0 saturated carbocycles. The Labute approximate surface area is 112 Å². The number of carbonyl (C=O) groups excluding carboxylic acids is 2. The summed E-state index contributed by atoms with van der Waals surface area (Å²) >= 11 is 0. The first kappa shape index (κ1) is 14.9. The number of carbonyl (C=O) groups is 2. The average molecular weight is 265 g/mol. The van der Waals surface area contributed by atoms with E-state index in [0.29, 0.717) is 31.6 Å². The van der Waals surface area contributed by atoms with Crippen LogP contribution in [-0.4, -0.2) is 34.9 Å². The molecule has 0 unspecified atom stereocenters. The van der Waals surface area contributed by atoms with Gasteiger partial charge in [0.15, 0.2) is 0 Å². The van der Waals surface area contributed by atoms with Crippen molar-refractivity contribution >= 4 is 17.6 Å². The van der Waals surface area contributed by atoms with Crippen LogP contribution in [0.2, 0.25) is 0 Å². The van der Waals surface area contributed by atoms with E-state index in [0.717, 1.165) is 6.54 Å². The number of rotatable bonds is 8. The third kappa shape index (κ3) is 5.80. The van der Waals surface area contributed by atoms with Gasteiger partial charge in [0.25, 0.3) is 5.91 Å². The molecular weight excluding hydrogens is 246 g/mol. The Bertz CT molecular complexity index is 419. The fourth-order valence-corrected chi connectivity index (χ4v) is 1.43. The van der Waals surface area contributed by atoms with Gasteiger partial charge in [-0.1, -0.05) is 0 Å². The van der Waals surface area contributed by atoms with Crippen LogP contribution in [0.15, 0.2) is 12.4 Å². The zero-order chi connectivity index (χ0) is 14.1. The number of aromatic nitrogens is 2. The summed E-state index contributed by atoms with van der Waals surface area (Å²) in [6, 6.07) is 0. The summed E-state index contributed by atoms with van der Waals surface area (Å²) in [6.07, 6.45) is 4.66. The first-order chi connectivity index (χ1) is 9.13. The highest BCUT2D eigenvalue weighted by molar-refractivity contribution is 5.91. The van der Waals surface area contributed by atoms with Gasteiger partial charge in [-0.15, -0.1) is 0 Å². The Kier molecular flexibility index (Phi) is 6.28. The molecule has 0 aliphatic heterocycles. The number of amides is 2. The monoisotopic (exact) mass is 265 g/mol. The van der Waals surface area contributed by atoms with Crippen molar-refractivity contribution < 1.29 is 9.59 Å². The van der Waals surface area contributed by atoms with Gasteiger partial charge in [0, 0.05) is 19.5 Å². The molecule has 0 bridgehead atoms. The molecule has 0 atom stereocenters. The zero-order valence-corrected chi connectivity index (χ0v) is 11.0. The summed E-state index contributed by atoms with van der Waals surface area (Å²) in [6.45, 7) is 3.19. The van der Waals surface area contributed by atoms with Crippen LogP contribution >= 0.6 is 0 Å². The molecule has 0 spiro atoms. The molecule has 0 radical (unpaired) electrons. The number of hydrogen-bond donors (Lipinski definition) is 3. The standard InChI is InChI=1S/C12H19N5O2/c1-2-14-11-8-16-9(7-17-11)12(19)15-6-4-3-5-10(13)18/h7-8H,2-6H2,1H3,(H2,13,18)(H,14,17)(H,15,19). The number of hydrogen-bond acceptors (Lipinski definition) is 5. The van der Waals surface area contributed by atoms with E-state index in [4.69, 9.17) is 5.73 Å². The van der Waals surface area contributed by atoms with Gasteiger partial charge in [-0.3, -0.25) is 9.59 Å². The van der Waals surface area contributed by atoms with E-state index in [1.807, 2.05) is 6.92 Å². The lowest BCUT2D eigenvalue weighted by molar-refractivity contribution is -0.118. The van der Waals surface area contributed by atoms with E-state index >= 15 is 0 Å². The third-order valence-corrected chi connectivity index (χ3v) is 2.38. The summed E-state index contributed by atoms with van der Waals surface area (Å²) in [5.41, 5.74) is 5.29. The minimum absolute atomic E-state index is 0.269. The minimum atomic E-state index is -0.323. The van der Waals surface area contributed by atoms with E-state index in [1.165, 1.54) is 12.4 Å². The molecule has 7 heteroatoms. The SMILES string of the molecule is CCNc1cnc(C(=O)NCCCCC(N)=O)cn1. The van der Waals surface area contributed by atoms with Crippen molar-refractivity contribution in [2.24, 2.45) is 5.73 Å². The smallest absolute Gasteiger partial charge is 0.271 e. The van der Waals surface area contributed by atoms with Gasteiger partial charge in [0.1, 0.15) is 11.5 Å². The van der Waals surface area contributed by atoms with Crippen LogP contribution in [0.1, 0.15) is 36.7 Å². The number of anilines is 1. The predicted molar refractivity (Wildman–Crippen MR) is 71.6 cm³/mol. The number of primary amides is 1. The van der Waals surface area contributed by atoms with Gasteiger partial charge < -0.3 is 16.4 Å². The molecule has 104 valence electrons. The van der Waals surface area contributed by atoms with E-state index in [1.54, 1.807) is 0 Å². The quantitative estimate of drug-likeness (QED) is 0.585. The topological polar surface area (TPSA) is 110 Å². The zero-order valence-electron chi connectivity index (χ0n) is 11.0. The largest absolute Gasteiger partial charge is 0.370 e. The normalized spacial score (nSPS) is 9.95. The molecule has 2 amide bonds. The van der Waals surface area contributed by atoms with E-state index in [2.05, 4.69) is 20.6 Å². The summed E-state index contributed by atoms with van der Waals surface area (Å²) in [5, 5.41) is 5.71. The van der Waals surface area contributed by atoms with Gasteiger partial charge in [-0.2, -0.15) is 0 Å². The predicted octanol–water partition coefficient (Wildman–Crippen LogP) is 0.294. The fraction of sp³-hybridized carbons (Fsp3) is 0.500. The lowest BCUT2D eigenvalue weighted by atomic mass is 10.2. The highest BCUT2D eigenvalue weighted by atomic mass is 16.2. The van der Waals surface area contributed by atoms with Crippen molar-refractivity contribution in [1.82, 2.24) is 15.3 Å². The van der Waals surface area contributed by atoms with Crippen LogP contribution in [0.25, 0.3) is 0 Å². The fourth-order valence-electron chi connectivity index (χ4n) is 1.43. The maximum Gasteiger partial charge on any atom is 0.271 e. The van der Waals surface area contributed by atoms with Crippen LogP contribution in [-0.2, 0) is 4.79 Å². The Morgan fingerprint density at radius 3 is 2.63 bits per heavy atom. The van der Waals surface area contributed by atoms with Crippen LogP contribution in [0.4, 0.5) is 5.82 Å². The van der Waals surface area contributed by atoms with Crippen molar-refractivity contribution in [2.45, 2.75) is 26.2 Å². The molecule has 0 aliphatic carbocycles. The van der Waals surface area contributed by atoms with Gasteiger partial charge in [-0.05, 0) is 19.8 Å². The molecule has 4 N–H and O–H groups in total. The molecule has 0 fully saturated rings. The Morgan fingerprint density at radius 1 is 1.26 bits per heavy atom. The maximum absolute atomic E-state index is 11.7. The molecule has 0 saturated heterocycles.